The smallest absolute Gasteiger partial charge is 0.337 e. The average molecular weight is 268 g/mol. The minimum atomic E-state index is -0.972. The van der Waals surface area contributed by atoms with E-state index in [-0.39, 0.29) is 5.56 Å². The summed E-state index contributed by atoms with van der Waals surface area (Å²) in [5.74, 6) is -0.223. The van der Waals surface area contributed by atoms with Crippen LogP contribution in [0, 0.1) is 6.92 Å². The minimum Gasteiger partial charge on any atom is -0.478 e. The van der Waals surface area contributed by atoms with Gasteiger partial charge in [0, 0.05) is 6.20 Å². The third-order valence-electron chi connectivity index (χ3n) is 3.15. The number of hydrogen-bond donors (Lipinski definition) is 1. The molecule has 2 heterocycles. The van der Waals surface area contributed by atoms with Crippen LogP contribution in [0.2, 0.25) is 0 Å². The molecule has 20 heavy (non-hydrogen) atoms. The second-order valence-corrected chi connectivity index (χ2v) is 4.44. The predicted molar refractivity (Wildman–Crippen MR) is 72.6 cm³/mol. The molecule has 6 nitrogen and oxygen atoms in total. The van der Waals surface area contributed by atoms with Crippen molar-refractivity contribution in [3.8, 4) is 0 Å². The summed E-state index contributed by atoms with van der Waals surface area (Å²) in [7, 11) is 0. The second kappa shape index (κ2) is 4.73. The topological polar surface area (TPSA) is 80.9 Å². The van der Waals surface area contributed by atoms with Crippen LogP contribution in [0.4, 0.5) is 0 Å². The van der Waals surface area contributed by atoms with Crippen LogP contribution in [0.1, 0.15) is 21.9 Å². The van der Waals surface area contributed by atoms with E-state index in [1.165, 1.54) is 0 Å². The number of aromatic carboxylic acids is 1. The highest BCUT2D eigenvalue weighted by molar-refractivity contribution is 6.01. The first-order chi connectivity index (χ1) is 9.66. The van der Waals surface area contributed by atoms with Crippen molar-refractivity contribution >= 4 is 17.0 Å². The molecule has 3 aromatic rings. The lowest BCUT2D eigenvalue weighted by atomic mass is 10.2. The van der Waals surface area contributed by atoms with Gasteiger partial charge in [-0.1, -0.05) is 6.07 Å². The van der Waals surface area contributed by atoms with Gasteiger partial charge in [0.2, 0.25) is 0 Å². The van der Waals surface area contributed by atoms with E-state index in [2.05, 4.69) is 15.2 Å². The molecule has 1 aromatic carbocycles. The highest BCUT2D eigenvalue weighted by atomic mass is 16.4. The third kappa shape index (κ3) is 2.01. The maximum atomic E-state index is 11.2. The molecule has 0 aliphatic rings. The molecule has 0 saturated carbocycles. The fourth-order valence-corrected chi connectivity index (χ4v) is 2.22. The molecular weight excluding hydrogens is 256 g/mol. The van der Waals surface area contributed by atoms with Crippen LogP contribution >= 0.6 is 0 Å². The maximum Gasteiger partial charge on any atom is 0.337 e. The van der Waals surface area contributed by atoms with Crippen LogP contribution < -0.4 is 0 Å². The van der Waals surface area contributed by atoms with Crippen LogP contribution in [0.5, 0.6) is 0 Å². The van der Waals surface area contributed by atoms with Crippen LogP contribution in [0.3, 0.4) is 0 Å². The van der Waals surface area contributed by atoms with E-state index >= 15 is 0 Å². The van der Waals surface area contributed by atoms with Crippen molar-refractivity contribution in [2.75, 3.05) is 0 Å². The Morgan fingerprint density at radius 2 is 2.15 bits per heavy atom. The van der Waals surface area contributed by atoms with Crippen molar-refractivity contribution < 1.29 is 9.90 Å². The predicted octanol–water partition coefficient (Wildman–Crippen LogP) is 1.88. The number of benzene rings is 1. The Hall–Kier alpha value is -2.76. The van der Waals surface area contributed by atoms with Crippen molar-refractivity contribution in [3.63, 3.8) is 0 Å². The number of aromatic nitrogens is 4. The highest BCUT2D eigenvalue weighted by Gasteiger charge is 2.15. The van der Waals surface area contributed by atoms with E-state index < -0.39 is 5.97 Å². The fourth-order valence-electron chi connectivity index (χ4n) is 2.22. The number of para-hydroxylation sites is 1. The summed E-state index contributed by atoms with van der Waals surface area (Å²) >= 11 is 0. The molecule has 0 saturated heterocycles. The Labute approximate surface area is 114 Å². The number of carbonyl (C=O) groups is 1. The molecule has 0 aliphatic heterocycles. The molecular formula is C14H12N4O2. The molecule has 0 spiro atoms. The standard InChI is InChI=1S/C14H12N4O2/c1-9-16-13-11(14(19)20)5-2-6-12(13)18(9)8-10-4-3-7-15-17-10/h2-7H,8H2,1H3,(H,19,20). The molecule has 0 fully saturated rings. The van der Waals surface area contributed by atoms with Crippen LogP contribution in [0.25, 0.3) is 11.0 Å². The van der Waals surface area contributed by atoms with E-state index in [0.29, 0.717) is 12.1 Å². The van der Waals surface area contributed by atoms with Crippen molar-refractivity contribution in [2.45, 2.75) is 13.5 Å². The van der Waals surface area contributed by atoms with E-state index in [1.807, 2.05) is 29.7 Å². The van der Waals surface area contributed by atoms with Crippen molar-refractivity contribution in [2.24, 2.45) is 0 Å². The van der Waals surface area contributed by atoms with Crippen LogP contribution in [0.15, 0.2) is 36.5 Å². The van der Waals surface area contributed by atoms with E-state index in [9.17, 15) is 9.90 Å². The van der Waals surface area contributed by atoms with Crippen molar-refractivity contribution in [1.82, 2.24) is 19.7 Å². The molecule has 6 heteroatoms. The van der Waals surface area contributed by atoms with Crippen LogP contribution in [-0.4, -0.2) is 30.8 Å². The first kappa shape index (κ1) is 12.3. The van der Waals surface area contributed by atoms with Gasteiger partial charge < -0.3 is 9.67 Å². The van der Waals surface area contributed by atoms with Gasteiger partial charge in [0.25, 0.3) is 0 Å². The van der Waals surface area contributed by atoms with Crippen molar-refractivity contribution in [3.05, 3.63) is 53.6 Å². The zero-order chi connectivity index (χ0) is 14.1. The number of aryl methyl sites for hydroxylation is 1. The fraction of sp³-hybridized carbons (Fsp3) is 0.143. The Kier molecular flexibility index (Phi) is 2.90. The molecule has 100 valence electrons. The number of fused-ring (bicyclic) bond motifs is 1. The quantitative estimate of drug-likeness (QED) is 0.784. The van der Waals surface area contributed by atoms with Gasteiger partial charge in [-0.2, -0.15) is 10.2 Å². The average Bonchev–Trinajstić information content (AvgIpc) is 2.76. The molecule has 0 bridgehead atoms. The Morgan fingerprint density at radius 1 is 1.30 bits per heavy atom. The lowest BCUT2D eigenvalue weighted by Gasteiger charge is -2.05. The largest absolute Gasteiger partial charge is 0.478 e. The molecule has 0 radical (unpaired) electrons. The van der Waals surface area contributed by atoms with Gasteiger partial charge in [0.1, 0.15) is 11.3 Å². The van der Waals surface area contributed by atoms with Gasteiger partial charge in [-0.25, -0.2) is 9.78 Å². The first-order valence-corrected chi connectivity index (χ1v) is 6.12. The zero-order valence-electron chi connectivity index (χ0n) is 10.8. The van der Waals surface area contributed by atoms with E-state index in [4.69, 9.17) is 0 Å². The minimum absolute atomic E-state index is 0.212. The molecule has 0 unspecified atom stereocenters. The molecule has 1 N–H and O–H groups in total. The number of carboxylic acids is 1. The van der Waals surface area contributed by atoms with Crippen LogP contribution in [-0.2, 0) is 6.54 Å². The summed E-state index contributed by atoms with van der Waals surface area (Å²) in [6.07, 6.45) is 1.62. The van der Waals surface area contributed by atoms with Gasteiger partial charge in [0.05, 0.1) is 23.3 Å². The number of carboxylic acid groups (broad SMARTS) is 1. The summed E-state index contributed by atoms with van der Waals surface area (Å²) in [6, 6.07) is 8.83. The zero-order valence-corrected chi connectivity index (χ0v) is 10.8. The third-order valence-corrected chi connectivity index (χ3v) is 3.15. The molecule has 0 atom stereocenters. The van der Waals surface area contributed by atoms with Gasteiger partial charge in [-0.3, -0.25) is 0 Å². The number of imidazole rings is 1. The number of nitrogens with zero attached hydrogens (tertiary/aromatic N) is 4. The Morgan fingerprint density at radius 3 is 2.85 bits per heavy atom. The number of hydrogen-bond acceptors (Lipinski definition) is 4. The Balaban J connectivity index is 2.14. The summed E-state index contributed by atoms with van der Waals surface area (Å²) in [6.45, 7) is 2.36. The van der Waals surface area contributed by atoms with Gasteiger partial charge >= 0.3 is 5.97 Å². The SMILES string of the molecule is Cc1nc2c(C(=O)O)cccc2n1Cc1cccnn1. The normalized spacial score (nSPS) is 10.8. The lowest BCUT2D eigenvalue weighted by Crippen LogP contribution is -2.04. The monoisotopic (exact) mass is 268 g/mol. The Bertz CT molecular complexity index is 780. The highest BCUT2D eigenvalue weighted by Crippen LogP contribution is 2.20. The van der Waals surface area contributed by atoms with Crippen molar-refractivity contribution in [1.29, 1.82) is 0 Å². The van der Waals surface area contributed by atoms with Gasteiger partial charge in [-0.05, 0) is 31.2 Å². The lowest BCUT2D eigenvalue weighted by molar-refractivity contribution is 0.0699. The molecule has 0 aliphatic carbocycles. The summed E-state index contributed by atoms with van der Waals surface area (Å²) in [4.78, 5) is 15.6. The maximum absolute atomic E-state index is 11.2. The second-order valence-electron chi connectivity index (χ2n) is 4.44. The van der Waals surface area contributed by atoms with E-state index in [1.54, 1.807) is 18.3 Å². The molecule has 0 amide bonds. The molecule has 2 aromatic heterocycles. The van der Waals surface area contributed by atoms with Gasteiger partial charge in [-0.15, -0.1) is 0 Å². The summed E-state index contributed by atoms with van der Waals surface area (Å²) in [5, 5.41) is 17.1. The summed E-state index contributed by atoms with van der Waals surface area (Å²) < 4.78 is 1.94. The number of rotatable bonds is 3. The first-order valence-electron chi connectivity index (χ1n) is 6.12. The van der Waals surface area contributed by atoms with E-state index in [0.717, 1.165) is 17.0 Å². The van der Waals surface area contributed by atoms with Gasteiger partial charge in [0.15, 0.2) is 0 Å². The summed E-state index contributed by atoms with van der Waals surface area (Å²) in [5.41, 5.74) is 2.30. The molecule has 3 rings (SSSR count).